The molecule has 0 saturated heterocycles. The molecule has 0 aliphatic heterocycles. The minimum absolute atomic E-state index is 1.04. The van der Waals surface area contributed by atoms with Crippen molar-refractivity contribution in [3.63, 3.8) is 0 Å². The molecule has 0 amide bonds. The Hall–Kier alpha value is -4.62. The molecular weight excluding hydrogens is 482 g/mol. The number of rotatable bonds is 5. The number of hydrogen-bond acceptors (Lipinski definition) is 0. The van der Waals surface area contributed by atoms with Gasteiger partial charge in [-0.25, -0.2) is 0 Å². The zero-order valence-electron chi connectivity index (χ0n) is 23.2. The van der Waals surface area contributed by atoms with Crippen LogP contribution in [-0.2, 0) is 6.42 Å². The lowest BCUT2D eigenvalue weighted by atomic mass is 9.87. The molecule has 0 saturated carbocycles. The van der Waals surface area contributed by atoms with Gasteiger partial charge in [0.15, 0.2) is 0 Å². The van der Waals surface area contributed by atoms with Crippen LogP contribution in [0.5, 0.6) is 0 Å². The number of allylic oxidation sites excluding steroid dienone is 8. The largest absolute Gasteiger partial charge is 0.316 e. The van der Waals surface area contributed by atoms with Crippen LogP contribution in [0.25, 0.3) is 50.3 Å². The van der Waals surface area contributed by atoms with Crippen LogP contribution in [0.1, 0.15) is 42.0 Å². The summed E-state index contributed by atoms with van der Waals surface area (Å²) in [6.07, 6.45) is 14.7. The van der Waals surface area contributed by atoms with E-state index in [1.807, 2.05) is 6.08 Å². The molecule has 0 radical (unpaired) electrons. The molecule has 1 nitrogen and oxygen atoms in total. The van der Waals surface area contributed by atoms with E-state index >= 15 is 0 Å². The lowest BCUT2D eigenvalue weighted by Gasteiger charge is -2.17. The highest BCUT2D eigenvalue weighted by molar-refractivity contribution is 6.09. The van der Waals surface area contributed by atoms with Crippen LogP contribution in [0.4, 0.5) is 0 Å². The second-order valence-corrected chi connectivity index (χ2v) is 11.0. The summed E-state index contributed by atoms with van der Waals surface area (Å²) in [4.78, 5) is 0. The maximum absolute atomic E-state index is 4.27. The quantitative estimate of drug-likeness (QED) is 0.205. The number of fused-ring (bicyclic) bond motifs is 6. The Balaban J connectivity index is 1.33. The lowest BCUT2D eigenvalue weighted by Crippen LogP contribution is -1.95. The van der Waals surface area contributed by atoms with E-state index in [0.29, 0.717) is 0 Å². The van der Waals surface area contributed by atoms with Crippen molar-refractivity contribution in [2.75, 3.05) is 0 Å². The van der Waals surface area contributed by atoms with Gasteiger partial charge in [-0.15, -0.1) is 0 Å². The minimum atomic E-state index is 1.04. The van der Waals surface area contributed by atoms with Gasteiger partial charge in [-0.3, -0.25) is 0 Å². The first-order valence-corrected chi connectivity index (χ1v) is 14.3. The average molecular weight is 516 g/mol. The number of para-hydroxylation sites is 2. The fourth-order valence-corrected chi connectivity index (χ4v) is 6.67. The zero-order valence-corrected chi connectivity index (χ0v) is 23.2. The van der Waals surface area contributed by atoms with Crippen LogP contribution >= 0.6 is 0 Å². The Kier molecular flexibility index (Phi) is 6.01. The molecule has 0 atom stereocenters. The Bertz CT molecular complexity index is 1900. The van der Waals surface area contributed by atoms with Crippen LogP contribution in [0.2, 0.25) is 0 Å². The molecule has 0 fully saturated rings. The predicted octanol–water partition coefficient (Wildman–Crippen LogP) is 10.6. The van der Waals surface area contributed by atoms with Gasteiger partial charge in [-0.1, -0.05) is 97.6 Å². The summed E-state index contributed by atoms with van der Waals surface area (Å²) in [7, 11) is 0. The van der Waals surface area contributed by atoms with E-state index in [1.165, 1.54) is 77.5 Å². The van der Waals surface area contributed by atoms with Gasteiger partial charge in [0.1, 0.15) is 0 Å². The summed E-state index contributed by atoms with van der Waals surface area (Å²) in [5.41, 5.74) is 15.7. The number of aryl methyl sites for hydroxylation is 1. The molecule has 0 bridgehead atoms. The highest BCUT2D eigenvalue weighted by Crippen LogP contribution is 2.42. The maximum Gasteiger partial charge on any atom is 0.0534 e. The van der Waals surface area contributed by atoms with Crippen molar-refractivity contribution in [1.82, 2.24) is 4.57 Å². The second-order valence-electron chi connectivity index (χ2n) is 11.0. The van der Waals surface area contributed by atoms with Gasteiger partial charge in [0, 0.05) is 17.0 Å². The third-order valence-electron chi connectivity index (χ3n) is 8.60. The van der Waals surface area contributed by atoms with Gasteiger partial charge in [-0.05, 0) is 107 Å². The molecule has 5 aromatic rings. The van der Waals surface area contributed by atoms with Crippen LogP contribution < -0.4 is 0 Å². The van der Waals surface area contributed by atoms with Gasteiger partial charge in [0.25, 0.3) is 0 Å². The first-order valence-electron chi connectivity index (χ1n) is 14.3. The molecule has 2 aliphatic carbocycles. The highest BCUT2D eigenvalue weighted by atomic mass is 14.9. The van der Waals surface area contributed by atoms with Crippen molar-refractivity contribution in [2.45, 2.75) is 33.1 Å². The Morgan fingerprint density at radius 2 is 1.52 bits per heavy atom. The second kappa shape index (κ2) is 9.84. The fourth-order valence-electron chi connectivity index (χ4n) is 6.67. The standard InChI is InChI=1S/C39H33N/c1-4-31(26(2)22-23-40-37-18-9-7-15-35(37)36-16-8-10-19-38(36)40)39-27(3)12-11-17-34(39)29-20-21-33-30(25-29)24-28-13-5-6-14-32(28)33/h4,7-23,25H,1,5-6,24H2,2-3H3/b23-22-,31-26+. The monoisotopic (exact) mass is 515 g/mol. The predicted molar refractivity (Wildman–Crippen MR) is 173 cm³/mol. The molecule has 4 aromatic carbocycles. The van der Waals surface area contributed by atoms with E-state index in [2.05, 4.69) is 134 Å². The normalized spacial score (nSPS) is 15.2. The van der Waals surface area contributed by atoms with E-state index < -0.39 is 0 Å². The smallest absolute Gasteiger partial charge is 0.0534 e. The molecule has 194 valence electrons. The van der Waals surface area contributed by atoms with Gasteiger partial charge in [0.05, 0.1) is 11.0 Å². The zero-order chi connectivity index (χ0) is 27.2. The van der Waals surface area contributed by atoms with Crippen LogP contribution in [0.15, 0.2) is 127 Å². The number of aromatic nitrogens is 1. The SMILES string of the molecule is C=C/C(=C(C)\C=C/n1c2ccccc2c2ccccc21)c1c(C)cccc1-c1ccc2c(c1)CC1=CCCC=C12. The summed E-state index contributed by atoms with van der Waals surface area (Å²) < 4.78 is 2.30. The van der Waals surface area contributed by atoms with Crippen molar-refractivity contribution >= 4 is 39.2 Å². The summed E-state index contributed by atoms with van der Waals surface area (Å²) >= 11 is 0. The minimum Gasteiger partial charge on any atom is -0.316 e. The number of hydrogen-bond donors (Lipinski definition) is 0. The first kappa shape index (κ1) is 24.4. The van der Waals surface area contributed by atoms with E-state index in [-0.39, 0.29) is 0 Å². The van der Waals surface area contributed by atoms with Crippen molar-refractivity contribution < 1.29 is 0 Å². The molecule has 7 rings (SSSR count). The van der Waals surface area contributed by atoms with Gasteiger partial charge < -0.3 is 4.57 Å². The summed E-state index contributed by atoms with van der Waals surface area (Å²) in [6, 6.07) is 31.0. The molecule has 2 aliphatic rings. The summed E-state index contributed by atoms with van der Waals surface area (Å²) in [6.45, 7) is 8.68. The Morgan fingerprint density at radius 3 is 2.27 bits per heavy atom. The van der Waals surface area contributed by atoms with E-state index in [9.17, 15) is 0 Å². The fraction of sp³-hybridized carbons (Fsp3) is 0.128. The van der Waals surface area contributed by atoms with Crippen molar-refractivity contribution in [3.8, 4) is 11.1 Å². The van der Waals surface area contributed by atoms with Crippen molar-refractivity contribution in [2.24, 2.45) is 0 Å². The van der Waals surface area contributed by atoms with Crippen LogP contribution in [-0.4, -0.2) is 4.57 Å². The third-order valence-corrected chi connectivity index (χ3v) is 8.60. The topological polar surface area (TPSA) is 4.93 Å². The molecular formula is C39H33N. The molecule has 0 unspecified atom stereocenters. The Labute approximate surface area is 236 Å². The average Bonchev–Trinajstić information content (AvgIpc) is 3.52. The van der Waals surface area contributed by atoms with Crippen LogP contribution in [0, 0.1) is 6.92 Å². The lowest BCUT2D eigenvalue weighted by molar-refractivity contribution is 1.02. The van der Waals surface area contributed by atoms with Crippen LogP contribution in [0.3, 0.4) is 0 Å². The molecule has 1 heterocycles. The van der Waals surface area contributed by atoms with E-state index in [4.69, 9.17) is 0 Å². The molecule has 1 aromatic heterocycles. The Morgan fingerprint density at radius 1 is 0.800 bits per heavy atom. The maximum atomic E-state index is 4.27. The van der Waals surface area contributed by atoms with Crippen molar-refractivity contribution in [1.29, 1.82) is 0 Å². The molecule has 40 heavy (non-hydrogen) atoms. The molecule has 0 N–H and O–H groups in total. The molecule has 0 spiro atoms. The third kappa shape index (κ3) is 3.93. The van der Waals surface area contributed by atoms with E-state index in [1.54, 1.807) is 0 Å². The van der Waals surface area contributed by atoms with Crippen molar-refractivity contribution in [3.05, 3.63) is 149 Å². The number of nitrogens with zero attached hydrogens (tertiary/aromatic N) is 1. The van der Waals surface area contributed by atoms with Gasteiger partial charge >= 0.3 is 0 Å². The highest BCUT2D eigenvalue weighted by Gasteiger charge is 2.23. The summed E-state index contributed by atoms with van der Waals surface area (Å²) in [5, 5.41) is 2.55. The molecule has 1 heteroatoms. The van der Waals surface area contributed by atoms with Gasteiger partial charge in [0.2, 0.25) is 0 Å². The number of benzene rings is 4. The van der Waals surface area contributed by atoms with Gasteiger partial charge in [-0.2, -0.15) is 0 Å². The first-order chi connectivity index (χ1) is 19.6. The van der Waals surface area contributed by atoms with E-state index in [0.717, 1.165) is 19.3 Å². The summed E-state index contributed by atoms with van der Waals surface area (Å²) in [5.74, 6) is 0.